The number of piperidine rings is 1. The van der Waals surface area contributed by atoms with Crippen LogP contribution in [-0.4, -0.2) is 34.8 Å². The van der Waals surface area contributed by atoms with E-state index < -0.39 is 0 Å². The van der Waals surface area contributed by atoms with Gasteiger partial charge in [0.15, 0.2) is 0 Å². The van der Waals surface area contributed by atoms with Gasteiger partial charge in [-0.3, -0.25) is 14.6 Å². The second kappa shape index (κ2) is 9.69. The Morgan fingerprint density at radius 2 is 1.86 bits per heavy atom. The summed E-state index contributed by atoms with van der Waals surface area (Å²) in [5, 5.41) is 0.636. The first-order valence-electron chi connectivity index (χ1n) is 9.83. The highest BCUT2D eigenvalue weighted by Gasteiger charge is 2.30. The van der Waals surface area contributed by atoms with E-state index in [1.165, 1.54) is 0 Å². The lowest BCUT2D eigenvalue weighted by Crippen LogP contribution is -2.44. The first-order valence-corrected chi connectivity index (χ1v) is 10.2. The monoisotopic (exact) mass is 399 g/mol. The summed E-state index contributed by atoms with van der Waals surface area (Å²) in [7, 11) is 0. The van der Waals surface area contributed by atoms with Crippen LogP contribution >= 0.6 is 11.6 Å². The van der Waals surface area contributed by atoms with Gasteiger partial charge < -0.3 is 9.80 Å². The normalized spacial score (nSPS) is 14.7. The van der Waals surface area contributed by atoms with Crippen molar-refractivity contribution >= 4 is 29.1 Å². The number of aromatic nitrogens is 1. The molecule has 1 aromatic heterocycles. The molecule has 2 amide bonds. The quantitative estimate of drug-likeness (QED) is 0.727. The molecule has 0 N–H and O–H groups in total. The van der Waals surface area contributed by atoms with Gasteiger partial charge in [-0.25, -0.2) is 0 Å². The molecular formula is C22H26ClN3O2. The summed E-state index contributed by atoms with van der Waals surface area (Å²) in [6, 6.07) is 13.0. The molecule has 0 bridgehead atoms. The maximum Gasteiger partial charge on any atom is 0.230 e. The number of hydrogen-bond donors (Lipinski definition) is 0. The fourth-order valence-corrected chi connectivity index (χ4v) is 3.67. The number of anilines is 1. The van der Waals surface area contributed by atoms with Gasteiger partial charge in [0.25, 0.3) is 0 Å². The summed E-state index contributed by atoms with van der Waals surface area (Å²) in [6.07, 6.45) is 4.56. The van der Waals surface area contributed by atoms with E-state index in [1.54, 1.807) is 23.2 Å². The summed E-state index contributed by atoms with van der Waals surface area (Å²) in [4.78, 5) is 33.5. The third-order valence-electron chi connectivity index (χ3n) is 5.11. The van der Waals surface area contributed by atoms with E-state index in [0.29, 0.717) is 43.9 Å². The standard InChI is InChI=1S/C22H26ClN3O2/c1-2-5-21(27)25-14-11-17(12-15-25)22(28)26(16-19-6-3-4-13-24-19)20-9-7-18(23)8-10-20/h3-4,6-10,13,17H,2,5,11-12,14-16H2,1H3. The van der Waals surface area contributed by atoms with Crippen LogP contribution in [0, 0.1) is 5.92 Å². The van der Waals surface area contributed by atoms with Gasteiger partial charge in [0.1, 0.15) is 0 Å². The third kappa shape index (κ3) is 5.10. The molecule has 0 saturated carbocycles. The predicted octanol–water partition coefficient (Wildman–Crippen LogP) is 4.31. The van der Waals surface area contributed by atoms with Crippen LogP contribution in [0.3, 0.4) is 0 Å². The molecule has 0 spiro atoms. The molecule has 1 aliphatic heterocycles. The average Bonchev–Trinajstić information content (AvgIpc) is 2.73. The number of halogens is 1. The van der Waals surface area contributed by atoms with Crippen LogP contribution in [-0.2, 0) is 16.1 Å². The molecule has 2 aromatic rings. The molecule has 1 saturated heterocycles. The third-order valence-corrected chi connectivity index (χ3v) is 5.36. The smallest absolute Gasteiger partial charge is 0.230 e. The van der Waals surface area contributed by atoms with Crippen molar-refractivity contribution < 1.29 is 9.59 Å². The Labute approximate surface area is 171 Å². The zero-order valence-electron chi connectivity index (χ0n) is 16.2. The number of pyridine rings is 1. The lowest BCUT2D eigenvalue weighted by Gasteiger charge is -2.34. The molecule has 1 fully saturated rings. The number of rotatable bonds is 6. The maximum absolute atomic E-state index is 13.4. The first kappa shape index (κ1) is 20.3. The molecule has 6 heteroatoms. The topological polar surface area (TPSA) is 53.5 Å². The van der Waals surface area contributed by atoms with Crippen LogP contribution in [0.4, 0.5) is 5.69 Å². The molecule has 3 rings (SSSR count). The van der Waals surface area contributed by atoms with Crippen molar-refractivity contribution in [2.24, 2.45) is 5.92 Å². The minimum Gasteiger partial charge on any atom is -0.343 e. The Kier molecular flexibility index (Phi) is 7.04. The number of benzene rings is 1. The van der Waals surface area contributed by atoms with E-state index in [2.05, 4.69) is 4.98 Å². The Hall–Kier alpha value is -2.40. The van der Waals surface area contributed by atoms with Crippen molar-refractivity contribution in [1.29, 1.82) is 0 Å². The molecule has 0 aliphatic carbocycles. The summed E-state index contributed by atoms with van der Waals surface area (Å²) >= 11 is 6.02. The number of nitrogens with zero attached hydrogens (tertiary/aromatic N) is 3. The molecule has 28 heavy (non-hydrogen) atoms. The molecule has 2 heterocycles. The van der Waals surface area contributed by atoms with E-state index in [1.807, 2.05) is 42.2 Å². The van der Waals surface area contributed by atoms with Crippen LogP contribution in [0.2, 0.25) is 5.02 Å². The van der Waals surface area contributed by atoms with E-state index in [9.17, 15) is 9.59 Å². The summed E-state index contributed by atoms with van der Waals surface area (Å²) in [5.74, 6) is 0.178. The molecule has 1 aliphatic rings. The van der Waals surface area contributed by atoms with Crippen molar-refractivity contribution in [2.75, 3.05) is 18.0 Å². The van der Waals surface area contributed by atoms with Crippen molar-refractivity contribution in [1.82, 2.24) is 9.88 Å². The zero-order valence-corrected chi connectivity index (χ0v) is 16.9. The Balaban J connectivity index is 1.73. The van der Waals surface area contributed by atoms with Gasteiger partial charge >= 0.3 is 0 Å². The molecule has 148 valence electrons. The highest BCUT2D eigenvalue weighted by atomic mass is 35.5. The molecule has 1 aromatic carbocycles. The lowest BCUT2D eigenvalue weighted by molar-refractivity contribution is -0.135. The second-order valence-corrected chi connectivity index (χ2v) is 7.56. The predicted molar refractivity (Wildman–Crippen MR) is 111 cm³/mol. The molecule has 0 atom stereocenters. The Bertz CT molecular complexity index is 787. The largest absolute Gasteiger partial charge is 0.343 e. The number of carbonyl (C=O) groups excluding carboxylic acids is 2. The van der Waals surface area contributed by atoms with Crippen molar-refractivity contribution in [3.05, 3.63) is 59.4 Å². The lowest BCUT2D eigenvalue weighted by atomic mass is 9.94. The number of carbonyl (C=O) groups is 2. The minimum absolute atomic E-state index is 0.0792. The molecular weight excluding hydrogens is 374 g/mol. The van der Waals surface area contributed by atoms with E-state index in [0.717, 1.165) is 17.8 Å². The highest BCUT2D eigenvalue weighted by Crippen LogP contribution is 2.26. The number of hydrogen-bond acceptors (Lipinski definition) is 3. The SMILES string of the molecule is CCCC(=O)N1CCC(C(=O)N(Cc2ccccn2)c2ccc(Cl)cc2)CC1. The average molecular weight is 400 g/mol. The second-order valence-electron chi connectivity index (χ2n) is 7.13. The summed E-state index contributed by atoms with van der Waals surface area (Å²) in [6.45, 7) is 3.71. The zero-order chi connectivity index (χ0) is 19.9. The van der Waals surface area contributed by atoms with E-state index in [4.69, 9.17) is 11.6 Å². The first-order chi connectivity index (χ1) is 13.6. The van der Waals surface area contributed by atoms with Crippen molar-refractivity contribution in [3.63, 3.8) is 0 Å². The van der Waals surface area contributed by atoms with Crippen LogP contribution in [0.15, 0.2) is 48.7 Å². The highest BCUT2D eigenvalue weighted by molar-refractivity contribution is 6.30. The van der Waals surface area contributed by atoms with Crippen LogP contribution in [0.25, 0.3) is 0 Å². The number of likely N-dealkylation sites (tertiary alicyclic amines) is 1. The molecule has 0 unspecified atom stereocenters. The number of amides is 2. The van der Waals surface area contributed by atoms with Crippen LogP contribution in [0.5, 0.6) is 0 Å². The Morgan fingerprint density at radius 1 is 1.14 bits per heavy atom. The minimum atomic E-state index is -0.0925. The van der Waals surface area contributed by atoms with E-state index in [-0.39, 0.29) is 17.7 Å². The van der Waals surface area contributed by atoms with Gasteiger partial charge in [0.2, 0.25) is 11.8 Å². The fraction of sp³-hybridized carbons (Fsp3) is 0.409. The Morgan fingerprint density at radius 3 is 2.46 bits per heavy atom. The van der Waals surface area contributed by atoms with Gasteiger partial charge in [0, 0.05) is 42.3 Å². The summed E-state index contributed by atoms with van der Waals surface area (Å²) in [5.41, 5.74) is 1.64. The van der Waals surface area contributed by atoms with Crippen molar-refractivity contribution in [2.45, 2.75) is 39.2 Å². The van der Waals surface area contributed by atoms with Crippen molar-refractivity contribution in [3.8, 4) is 0 Å². The fourth-order valence-electron chi connectivity index (χ4n) is 3.54. The molecule has 0 radical (unpaired) electrons. The van der Waals surface area contributed by atoms with Gasteiger partial charge in [-0.05, 0) is 55.7 Å². The van der Waals surface area contributed by atoms with Gasteiger partial charge in [-0.1, -0.05) is 24.6 Å². The molecule has 5 nitrogen and oxygen atoms in total. The van der Waals surface area contributed by atoms with Crippen LogP contribution in [0.1, 0.15) is 38.3 Å². The maximum atomic E-state index is 13.4. The van der Waals surface area contributed by atoms with Crippen LogP contribution < -0.4 is 4.90 Å². The summed E-state index contributed by atoms with van der Waals surface area (Å²) < 4.78 is 0. The van der Waals surface area contributed by atoms with Gasteiger partial charge in [0.05, 0.1) is 12.2 Å². The van der Waals surface area contributed by atoms with Gasteiger partial charge in [-0.15, -0.1) is 0 Å². The van der Waals surface area contributed by atoms with Gasteiger partial charge in [-0.2, -0.15) is 0 Å². The van der Waals surface area contributed by atoms with E-state index >= 15 is 0 Å².